The van der Waals surface area contributed by atoms with Crippen LogP contribution in [0.4, 0.5) is 0 Å². The fourth-order valence-electron chi connectivity index (χ4n) is 9.57. The summed E-state index contributed by atoms with van der Waals surface area (Å²) in [5.74, 6) is 4.59. The first-order chi connectivity index (χ1) is 16.3. The second-order valence-electron chi connectivity index (χ2n) is 13.0. The van der Waals surface area contributed by atoms with Crippen molar-refractivity contribution in [3.05, 3.63) is 35.9 Å². The van der Waals surface area contributed by atoms with E-state index in [1.807, 2.05) is 30.3 Å². The van der Waals surface area contributed by atoms with Crippen molar-refractivity contribution in [2.75, 3.05) is 0 Å². The third-order valence-electron chi connectivity index (χ3n) is 11.4. The highest BCUT2D eigenvalue weighted by Crippen LogP contribution is 2.68. The smallest absolute Gasteiger partial charge is 0.306 e. The number of carbonyl (C=O) groups excluding carboxylic acids is 1. The van der Waals surface area contributed by atoms with Gasteiger partial charge in [-0.1, -0.05) is 51.1 Å². The number of hydrogen-bond acceptors (Lipinski definition) is 3. The summed E-state index contributed by atoms with van der Waals surface area (Å²) >= 11 is 0. The van der Waals surface area contributed by atoms with Crippen LogP contribution in [0.5, 0.6) is 0 Å². The lowest BCUT2D eigenvalue weighted by molar-refractivity contribution is -0.145. The predicted molar refractivity (Wildman–Crippen MR) is 136 cm³/mol. The van der Waals surface area contributed by atoms with E-state index in [0.717, 1.165) is 54.4 Å². The number of benzene rings is 1. The molecule has 5 rings (SSSR count). The Kier molecular flexibility index (Phi) is 6.88. The Hall–Kier alpha value is -1.35. The standard InChI is InChI=1S/C31H46O3/c1-21(9-14-29(33)34-20-22-7-5-4-6-8-22)26-12-13-27-25-11-10-23-19-24(32)15-17-30(23,2)28(25)16-18-31(26,27)3/h4-8,21,23-28,32H,9-20H2,1-3H3/t21-,23-,24-,25?,26?,27?,28?,30+,31-/m1/s1. The number of aliphatic hydroxyl groups excluding tert-OH is 1. The van der Waals surface area contributed by atoms with Crippen molar-refractivity contribution in [2.45, 2.75) is 104 Å². The molecule has 9 atom stereocenters. The normalized spacial score (nSPS) is 42.2. The zero-order valence-electron chi connectivity index (χ0n) is 21.7. The van der Waals surface area contributed by atoms with E-state index in [1.54, 1.807) is 0 Å². The predicted octanol–water partition coefficient (Wildman–Crippen LogP) is 7.17. The molecule has 4 unspecified atom stereocenters. The number of carbonyl (C=O) groups is 1. The number of esters is 1. The summed E-state index contributed by atoms with van der Waals surface area (Å²) < 4.78 is 5.56. The molecule has 0 amide bonds. The maximum Gasteiger partial charge on any atom is 0.306 e. The van der Waals surface area contributed by atoms with Gasteiger partial charge in [0.15, 0.2) is 0 Å². The van der Waals surface area contributed by atoms with Gasteiger partial charge in [0.2, 0.25) is 0 Å². The van der Waals surface area contributed by atoms with Gasteiger partial charge in [0.05, 0.1) is 6.10 Å². The molecule has 4 fully saturated rings. The van der Waals surface area contributed by atoms with Gasteiger partial charge in [-0.2, -0.15) is 0 Å². The molecule has 0 bridgehead atoms. The van der Waals surface area contributed by atoms with Gasteiger partial charge < -0.3 is 9.84 Å². The van der Waals surface area contributed by atoms with E-state index in [1.165, 1.54) is 44.9 Å². The van der Waals surface area contributed by atoms with Gasteiger partial charge in [0.1, 0.15) is 6.61 Å². The van der Waals surface area contributed by atoms with Crippen LogP contribution in [-0.2, 0) is 16.1 Å². The van der Waals surface area contributed by atoms with Crippen molar-refractivity contribution < 1.29 is 14.6 Å². The fraction of sp³-hybridized carbons (Fsp3) is 0.774. The SMILES string of the molecule is C[C@H](CCC(=O)OCc1ccccc1)C1CCC2C3CC[C@@H]4C[C@H](O)CC[C@]4(C)C3CC[C@@]21C. The molecular formula is C31H46O3. The second-order valence-corrected chi connectivity index (χ2v) is 13.0. The third-order valence-corrected chi connectivity index (χ3v) is 11.4. The molecule has 0 aliphatic heterocycles. The molecule has 4 aliphatic rings. The van der Waals surface area contributed by atoms with E-state index in [-0.39, 0.29) is 12.1 Å². The number of rotatable bonds is 6. The van der Waals surface area contributed by atoms with Crippen LogP contribution in [0.2, 0.25) is 0 Å². The Bertz CT molecular complexity index is 851. The Morgan fingerprint density at radius 2 is 1.74 bits per heavy atom. The van der Waals surface area contributed by atoms with Crippen LogP contribution in [0.25, 0.3) is 0 Å². The van der Waals surface area contributed by atoms with Crippen LogP contribution in [0.3, 0.4) is 0 Å². The number of fused-ring (bicyclic) bond motifs is 5. The molecule has 34 heavy (non-hydrogen) atoms. The summed E-state index contributed by atoms with van der Waals surface area (Å²) in [7, 11) is 0. The van der Waals surface area contributed by atoms with E-state index < -0.39 is 0 Å². The zero-order valence-corrected chi connectivity index (χ0v) is 21.7. The molecule has 1 aromatic rings. The van der Waals surface area contributed by atoms with Crippen LogP contribution in [0.1, 0.15) is 97.0 Å². The van der Waals surface area contributed by atoms with Crippen LogP contribution in [-0.4, -0.2) is 17.2 Å². The Morgan fingerprint density at radius 1 is 1.00 bits per heavy atom. The number of aliphatic hydroxyl groups is 1. The highest BCUT2D eigenvalue weighted by molar-refractivity contribution is 5.69. The molecule has 3 heteroatoms. The lowest BCUT2D eigenvalue weighted by Gasteiger charge is -2.61. The van der Waals surface area contributed by atoms with Crippen molar-refractivity contribution in [1.29, 1.82) is 0 Å². The number of ether oxygens (including phenoxy) is 1. The molecule has 3 nitrogen and oxygen atoms in total. The topological polar surface area (TPSA) is 46.5 Å². The van der Waals surface area contributed by atoms with E-state index >= 15 is 0 Å². The van der Waals surface area contributed by atoms with E-state index in [2.05, 4.69) is 20.8 Å². The van der Waals surface area contributed by atoms with Crippen molar-refractivity contribution in [1.82, 2.24) is 0 Å². The maximum absolute atomic E-state index is 12.4. The van der Waals surface area contributed by atoms with Crippen molar-refractivity contribution in [3.8, 4) is 0 Å². The van der Waals surface area contributed by atoms with Crippen molar-refractivity contribution in [3.63, 3.8) is 0 Å². The molecule has 1 N–H and O–H groups in total. The molecule has 1 aromatic carbocycles. The molecule has 0 heterocycles. The van der Waals surface area contributed by atoms with Gasteiger partial charge in [-0.3, -0.25) is 4.79 Å². The van der Waals surface area contributed by atoms with Crippen molar-refractivity contribution >= 4 is 5.97 Å². The molecule has 188 valence electrons. The molecule has 4 saturated carbocycles. The quantitative estimate of drug-likeness (QED) is 0.452. The van der Waals surface area contributed by atoms with E-state index in [9.17, 15) is 9.90 Å². The first-order valence-corrected chi connectivity index (χ1v) is 14.2. The Labute approximate surface area is 207 Å². The Morgan fingerprint density at radius 3 is 2.53 bits per heavy atom. The molecular weight excluding hydrogens is 420 g/mol. The first kappa shape index (κ1) is 24.3. The molecule has 0 radical (unpaired) electrons. The van der Waals surface area contributed by atoms with Crippen LogP contribution < -0.4 is 0 Å². The Balaban J connectivity index is 1.18. The minimum Gasteiger partial charge on any atom is -0.461 e. The second kappa shape index (κ2) is 9.60. The van der Waals surface area contributed by atoms with Crippen LogP contribution in [0.15, 0.2) is 30.3 Å². The van der Waals surface area contributed by atoms with Gasteiger partial charge >= 0.3 is 5.97 Å². The van der Waals surface area contributed by atoms with Gasteiger partial charge in [-0.15, -0.1) is 0 Å². The van der Waals surface area contributed by atoms with Crippen molar-refractivity contribution in [2.24, 2.45) is 46.3 Å². The van der Waals surface area contributed by atoms with Crippen LogP contribution >= 0.6 is 0 Å². The lowest BCUT2D eigenvalue weighted by Crippen LogP contribution is -2.54. The average Bonchev–Trinajstić information content (AvgIpc) is 3.19. The van der Waals surface area contributed by atoms with E-state index in [0.29, 0.717) is 29.8 Å². The third kappa shape index (κ3) is 4.36. The summed E-state index contributed by atoms with van der Waals surface area (Å²) in [5, 5.41) is 10.3. The van der Waals surface area contributed by atoms with E-state index in [4.69, 9.17) is 4.74 Å². The summed E-state index contributed by atoms with van der Waals surface area (Å²) in [6.07, 6.45) is 12.9. The van der Waals surface area contributed by atoms with Gasteiger partial charge in [0, 0.05) is 6.42 Å². The highest BCUT2D eigenvalue weighted by Gasteiger charge is 2.60. The average molecular weight is 467 g/mol. The number of hydrogen-bond donors (Lipinski definition) is 1. The minimum absolute atomic E-state index is 0.0511. The molecule has 0 spiro atoms. The summed E-state index contributed by atoms with van der Waals surface area (Å²) in [6, 6.07) is 9.98. The molecule has 4 aliphatic carbocycles. The lowest BCUT2D eigenvalue weighted by atomic mass is 9.44. The van der Waals surface area contributed by atoms with Gasteiger partial charge in [-0.25, -0.2) is 0 Å². The highest BCUT2D eigenvalue weighted by atomic mass is 16.5. The zero-order chi connectivity index (χ0) is 23.9. The fourth-order valence-corrected chi connectivity index (χ4v) is 9.57. The summed E-state index contributed by atoms with van der Waals surface area (Å²) in [6.45, 7) is 7.97. The molecule has 0 aromatic heterocycles. The monoisotopic (exact) mass is 466 g/mol. The first-order valence-electron chi connectivity index (χ1n) is 14.2. The molecule has 0 saturated heterocycles. The minimum atomic E-state index is -0.0559. The summed E-state index contributed by atoms with van der Waals surface area (Å²) in [4.78, 5) is 12.4. The van der Waals surface area contributed by atoms with Gasteiger partial charge in [-0.05, 0) is 116 Å². The van der Waals surface area contributed by atoms with Gasteiger partial charge in [0.25, 0.3) is 0 Å². The summed E-state index contributed by atoms with van der Waals surface area (Å²) in [5.41, 5.74) is 1.95. The maximum atomic E-state index is 12.4. The van der Waals surface area contributed by atoms with Crippen LogP contribution in [0, 0.1) is 46.3 Å². The largest absolute Gasteiger partial charge is 0.461 e.